The second-order valence-corrected chi connectivity index (χ2v) is 10.2. The Morgan fingerprint density at radius 3 is 2.50 bits per heavy atom. The summed E-state index contributed by atoms with van der Waals surface area (Å²) in [6.45, 7) is 0.515. The molecule has 1 aliphatic rings. The summed E-state index contributed by atoms with van der Waals surface area (Å²) in [6, 6.07) is 13.7. The van der Waals surface area contributed by atoms with E-state index in [0.29, 0.717) is 29.7 Å². The molecule has 4 aromatic rings. The third kappa shape index (κ3) is 4.98. The van der Waals surface area contributed by atoms with Gasteiger partial charge >= 0.3 is 5.97 Å². The normalized spacial score (nSPS) is 13.6. The standard InChI is InChI=1S/C26H19Cl2N3O6S/c27-16-10-14-12-31(25(34)18-11-13-4-1-2-5-17(13)37-18)8-7-15(14)21(28)20(16)24(33)30-22(26(35)36)29-23(32)19-6-3-9-38-19/h1-6,9-11,22H,7-8,12H2,(H,29,32)(H,30,33)(H,35,36)/t22-/m1/s1. The predicted octanol–water partition coefficient (Wildman–Crippen LogP) is 4.57. The number of nitrogens with one attached hydrogen (secondary N) is 2. The molecule has 0 saturated carbocycles. The summed E-state index contributed by atoms with van der Waals surface area (Å²) in [4.78, 5) is 52.0. The van der Waals surface area contributed by atoms with E-state index in [0.717, 1.165) is 16.7 Å². The Hall–Kier alpha value is -3.86. The molecule has 0 radical (unpaired) electrons. The molecule has 1 aliphatic heterocycles. The van der Waals surface area contributed by atoms with Crippen molar-refractivity contribution in [1.29, 1.82) is 0 Å². The van der Waals surface area contributed by atoms with Crippen LogP contribution in [0.3, 0.4) is 0 Å². The maximum Gasteiger partial charge on any atom is 0.347 e. The number of carboxylic acids is 1. The number of carbonyl (C=O) groups excluding carboxylic acids is 3. The number of amides is 3. The first-order valence-electron chi connectivity index (χ1n) is 11.4. The fourth-order valence-electron chi connectivity index (χ4n) is 4.25. The van der Waals surface area contributed by atoms with Crippen LogP contribution in [0.25, 0.3) is 11.0 Å². The minimum absolute atomic E-state index is 0.0157. The number of hydrogen-bond acceptors (Lipinski definition) is 6. The zero-order valence-electron chi connectivity index (χ0n) is 19.5. The van der Waals surface area contributed by atoms with Crippen LogP contribution in [-0.4, -0.2) is 46.4 Å². The molecule has 194 valence electrons. The number of carbonyl (C=O) groups is 4. The van der Waals surface area contributed by atoms with Crippen molar-refractivity contribution in [2.24, 2.45) is 0 Å². The van der Waals surface area contributed by atoms with E-state index in [1.165, 1.54) is 12.1 Å². The number of fused-ring (bicyclic) bond motifs is 2. The van der Waals surface area contributed by atoms with Crippen LogP contribution in [0.1, 0.15) is 41.7 Å². The Bertz CT molecular complexity index is 1550. The summed E-state index contributed by atoms with van der Waals surface area (Å²) in [7, 11) is 0. The molecule has 0 bridgehead atoms. The van der Waals surface area contributed by atoms with Crippen LogP contribution in [0.5, 0.6) is 0 Å². The highest BCUT2D eigenvalue weighted by atomic mass is 35.5. The van der Waals surface area contributed by atoms with Crippen molar-refractivity contribution in [2.75, 3.05) is 6.54 Å². The van der Waals surface area contributed by atoms with Crippen molar-refractivity contribution in [2.45, 2.75) is 19.1 Å². The maximum atomic E-state index is 13.1. The molecular weight excluding hydrogens is 553 g/mol. The highest BCUT2D eigenvalue weighted by Crippen LogP contribution is 2.35. The monoisotopic (exact) mass is 571 g/mol. The lowest BCUT2D eigenvalue weighted by molar-refractivity contribution is -0.139. The van der Waals surface area contributed by atoms with Gasteiger partial charge in [-0.25, -0.2) is 4.79 Å². The topological polar surface area (TPSA) is 129 Å². The molecule has 2 aromatic carbocycles. The van der Waals surface area contributed by atoms with Gasteiger partial charge in [0.1, 0.15) is 5.58 Å². The molecule has 5 rings (SSSR count). The zero-order chi connectivity index (χ0) is 27.0. The highest BCUT2D eigenvalue weighted by molar-refractivity contribution is 7.12. The number of aliphatic carboxylic acids is 1. The van der Waals surface area contributed by atoms with E-state index in [9.17, 15) is 24.3 Å². The summed E-state index contributed by atoms with van der Waals surface area (Å²) in [6.07, 6.45) is -1.37. The molecule has 12 heteroatoms. The molecule has 0 unspecified atom stereocenters. The van der Waals surface area contributed by atoms with Gasteiger partial charge in [0.05, 0.1) is 20.5 Å². The summed E-state index contributed by atoms with van der Waals surface area (Å²) < 4.78 is 5.70. The smallest absolute Gasteiger partial charge is 0.347 e. The first kappa shape index (κ1) is 25.8. The van der Waals surface area contributed by atoms with Crippen LogP contribution in [0.4, 0.5) is 0 Å². The van der Waals surface area contributed by atoms with E-state index in [2.05, 4.69) is 10.6 Å². The van der Waals surface area contributed by atoms with Crippen LogP contribution < -0.4 is 10.6 Å². The van der Waals surface area contributed by atoms with Crippen molar-refractivity contribution in [3.63, 3.8) is 0 Å². The molecule has 0 spiro atoms. The third-order valence-electron chi connectivity index (χ3n) is 6.10. The Morgan fingerprint density at radius 2 is 1.79 bits per heavy atom. The summed E-state index contributed by atoms with van der Waals surface area (Å²) in [5.74, 6) is -3.04. The van der Waals surface area contributed by atoms with E-state index >= 15 is 0 Å². The highest BCUT2D eigenvalue weighted by Gasteiger charge is 2.31. The molecule has 3 amide bonds. The van der Waals surface area contributed by atoms with E-state index in [-0.39, 0.29) is 38.7 Å². The van der Waals surface area contributed by atoms with Crippen LogP contribution >= 0.6 is 34.5 Å². The Balaban J connectivity index is 1.34. The lowest BCUT2D eigenvalue weighted by atomic mass is 9.96. The van der Waals surface area contributed by atoms with Gasteiger partial charge in [-0.1, -0.05) is 47.5 Å². The molecule has 2 aromatic heterocycles. The fourth-order valence-corrected chi connectivity index (χ4v) is 5.64. The van der Waals surface area contributed by atoms with Gasteiger partial charge in [-0.2, -0.15) is 0 Å². The SMILES string of the molecule is O=C(N[C@H](NC(=O)c1c(Cl)cc2c(c1Cl)CCN(C(=O)c1cc3ccccc3o1)C2)C(=O)O)c1cccs1. The first-order chi connectivity index (χ1) is 18.2. The van der Waals surface area contributed by atoms with Crippen molar-refractivity contribution in [1.82, 2.24) is 15.5 Å². The van der Waals surface area contributed by atoms with Gasteiger partial charge in [0.2, 0.25) is 6.17 Å². The fraction of sp³-hybridized carbons (Fsp3) is 0.154. The third-order valence-corrected chi connectivity index (χ3v) is 7.68. The van der Waals surface area contributed by atoms with Gasteiger partial charge in [0, 0.05) is 18.5 Å². The molecule has 9 nitrogen and oxygen atoms in total. The van der Waals surface area contributed by atoms with Crippen molar-refractivity contribution >= 4 is 69.2 Å². The number of nitrogens with zero attached hydrogens (tertiary/aromatic N) is 1. The predicted molar refractivity (Wildman–Crippen MR) is 142 cm³/mol. The summed E-state index contributed by atoms with van der Waals surface area (Å²) in [5, 5.41) is 16.6. The first-order valence-corrected chi connectivity index (χ1v) is 13.0. The lowest BCUT2D eigenvalue weighted by Gasteiger charge is -2.30. The quantitative estimate of drug-likeness (QED) is 0.291. The van der Waals surface area contributed by atoms with E-state index in [4.69, 9.17) is 27.6 Å². The molecular formula is C26H19Cl2N3O6S. The minimum Gasteiger partial charge on any atom is -0.478 e. The second kappa shape index (κ2) is 10.5. The van der Waals surface area contributed by atoms with Crippen molar-refractivity contribution in [3.8, 4) is 0 Å². The number of hydrogen-bond donors (Lipinski definition) is 3. The van der Waals surface area contributed by atoms with Gasteiger partial charge < -0.3 is 25.1 Å². The van der Waals surface area contributed by atoms with Crippen LogP contribution in [0.15, 0.2) is 58.3 Å². The molecule has 3 heterocycles. The van der Waals surface area contributed by atoms with Crippen LogP contribution in [0, 0.1) is 0 Å². The van der Waals surface area contributed by atoms with E-state index < -0.39 is 23.9 Å². The van der Waals surface area contributed by atoms with Gasteiger partial charge in [-0.05, 0) is 47.2 Å². The Morgan fingerprint density at radius 1 is 1.03 bits per heavy atom. The summed E-state index contributed by atoms with van der Waals surface area (Å²) >= 11 is 14.1. The van der Waals surface area contributed by atoms with E-state index in [1.807, 2.05) is 18.2 Å². The average Bonchev–Trinajstić information content (AvgIpc) is 3.58. The molecule has 3 N–H and O–H groups in total. The van der Waals surface area contributed by atoms with Crippen molar-refractivity contribution < 1.29 is 28.7 Å². The number of rotatable bonds is 6. The van der Waals surface area contributed by atoms with Crippen LogP contribution in [0.2, 0.25) is 10.0 Å². The van der Waals surface area contributed by atoms with Gasteiger partial charge in [-0.3, -0.25) is 14.4 Å². The Kier molecular flexibility index (Phi) is 7.11. The van der Waals surface area contributed by atoms with Gasteiger partial charge in [-0.15, -0.1) is 11.3 Å². The van der Waals surface area contributed by atoms with Gasteiger partial charge in [0.15, 0.2) is 5.76 Å². The van der Waals surface area contributed by atoms with Crippen molar-refractivity contribution in [3.05, 3.63) is 91.3 Å². The summed E-state index contributed by atoms with van der Waals surface area (Å²) in [5.41, 5.74) is 1.79. The number of carboxylic acid groups (broad SMARTS) is 1. The number of para-hydroxylation sites is 1. The number of thiophene rings is 1. The largest absolute Gasteiger partial charge is 0.478 e. The molecule has 0 aliphatic carbocycles. The molecule has 0 fully saturated rings. The van der Waals surface area contributed by atoms with E-state index in [1.54, 1.807) is 28.5 Å². The number of furan rings is 1. The zero-order valence-corrected chi connectivity index (χ0v) is 21.8. The average molecular weight is 572 g/mol. The molecule has 0 saturated heterocycles. The van der Waals surface area contributed by atoms with Crippen LogP contribution in [-0.2, 0) is 17.8 Å². The number of halogens is 2. The number of benzene rings is 2. The molecule has 38 heavy (non-hydrogen) atoms. The Labute approximate surface area is 229 Å². The minimum atomic E-state index is -1.71. The maximum absolute atomic E-state index is 13.1. The second-order valence-electron chi connectivity index (χ2n) is 8.51. The lowest BCUT2D eigenvalue weighted by Crippen LogP contribution is -2.52. The molecule has 1 atom stereocenters. The van der Waals surface area contributed by atoms with Gasteiger partial charge in [0.25, 0.3) is 17.7 Å².